The van der Waals surface area contributed by atoms with Crippen molar-refractivity contribution >= 4 is 0 Å². The molecule has 0 amide bonds. The number of aryl methyl sites for hydroxylation is 8. The van der Waals surface area contributed by atoms with Crippen LogP contribution in [0.3, 0.4) is 0 Å². The molecule has 6 nitrogen and oxygen atoms in total. The van der Waals surface area contributed by atoms with Crippen molar-refractivity contribution in [3.05, 3.63) is 465 Å². The summed E-state index contributed by atoms with van der Waals surface area (Å²) in [5.74, 6) is -2.68. The van der Waals surface area contributed by atoms with Gasteiger partial charge >= 0.3 is 0 Å². The van der Waals surface area contributed by atoms with Gasteiger partial charge in [0.2, 0.25) is 0 Å². The summed E-state index contributed by atoms with van der Waals surface area (Å²) in [5, 5.41) is 0. The minimum absolute atomic E-state index is 0. The van der Waals surface area contributed by atoms with Gasteiger partial charge in [-0.15, -0.1) is 177 Å². The number of nitrogens with zero attached hydrogens (tertiary/aromatic N) is 6. The van der Waals surface area contributed by atoms with Gasteiger partial charge in [0, 0.05) is 130 Å². The van der Waals surface area contributed by atoms with Gasteiger partial charge in [-0.25, -0.2) is 0 Å². The van der Waals surface area contributed by atoms with Gasteiger partial charge in [-0.1, -0.05) is 338 Å². The number of hydrogen-bond acceptors (Lipinski definition) is 6. The molecule has 0 spiro atoms. The van der Waals surface area contributed by atoms with E-state index in [0.717, 1.165) is 171 Å². The second kappa shape index (κ2) is 47.6. The Bertz CT molecular complexity index is 8140. The fraction of sp³-hybridized carbons (Fsp3) is 0.221. The van der Waals surface area contributed by atoms with Crippen LogP contribution in [-0.4, -0.2) is 29.9 Å². The summed E-state index contributed by atoms with van der Waals surface area (Å²) in [5.41, 5.74) is 33.0. The van der Waals surface area contributed by atoms with Gasteiger partial charge in [-0.2, -0.15) is 0 Å². The SMILES string of the molecule is [2H]C([2H])([2H])c1cc(-c2[c-]ccc3c2Cc2ccccc2-3)ncc1C1([2H])CCCCC1.[2H]C([2H])([2H])c1ccc(-c2[c-]cc(-c3ccccc3)cc2)nc1.[2H]C([2H])([2H])c1ccc(-c2[c-]cc(-c3ccccc3)cc2)nc1.[2H]C([2H])([2H])c1cnc(-c2[c-]cc(-c3ccccc3)cc2)cc1C.[2H]C([2H])([2H])c1cnc(-c2[c-]cc(C([2H])([2H])[2H])c3c2Cc2ccccc2-3)cc1C1([2H])CCCCC1.[2H]C([2H])([2H])c1cnc(-c2[c-]ccc3c2Cc2ccccc2-3)cc1C1([2H])CCCCC1.[Ir].[Ir].[Ir]. The van der Waals surface area contributed by atoms with Gasteiger partial charge in [0.05, 0.1) is 0 Å². The number of fused-ring (bicyclic) bond motifs is 9. The van der Waals surface area contributed by atoms with Crippen molar-refractivity contribution in [1.29, 1.82) is 0 Å². The quantitative estimate of drug-likeness (QED) is 0.113. The van der Waals surface area contributed by atoms with E-state index < -0.39 is 65.6 Å². The van der Waals surface area contributed by atoms with E-state index in [2.05, 4.69) is 127 Å². The molecule has 6 aromatic heterocycles. The molecule has 6 aliphatic carbocycles. The van der Waals surface area contributed by atoms with Crippen LogP contribution in [0.2, 0.25) is 0 Å². The first kappa shape index (κ1) is 73.6. The van der Waals surface area contributed by atoms with Crippen LogP contribution >= 0.6 is 0 Å². The summed E-state index contributed by atoms with van der Waals surface area (Å²) in [6, 6.07) is 115. The smallest absolute Gasteiger partial charge is 0.0353 e. The first-order valence-corrected chi connectivity index (χ1v) is 47.3. The molecule has 0 unspecified atom stereocenters. The third-order valence-corrected chi connectivity index (χ3v) is 26.7. The summed E-state index contributed by atoms with van der Waals surface area (Å²) in [6.07, 6.45) is 23.9. The summed E-state index contributed by atoms with van der Waals surface area (Å²) in [7, 11) is 0. The van der Waals surface area contributed by atoms with Gasteiger partial charge in [-0.05, 0) is 236 Å². The van der Waals surface area contributed by atoms with Crippen LogP contribution in [0.25, 0.3) is 134 Å². The van der Waals surface area contributed by atoms with E-state index in [1.165, 1.54) is 76.0 Å². The fourth-order valence-corrected chi connectivity index (χ4v) is 19.4. The molecule has 705 valence electrons. The molecule has 3 saturated carbocycles. The third-order valence-electron chi connectivity index (χ3n) is 26.7. The molecule has 0 N–H and O–H groups in total. The molecule has 0 bridgehead atoms. The molecular formula is C131H118Ir3N6-6. The molecule has 140 heavy (non-hydrogen) atoms. The van der Waals surface area contributed by atoms with E-state index in [4.69, 9.17) is 32.9 Å². The topological polar surface area (TPSA) is 77.3 Å². The normalized spacial score (nSPS) is 17.4. The van der Waals surface area contributed by atoms with Gasteiger partial charge < -0.3 is 29.9 Å². The zero-order valence-electron chi connectivity index (χ0n) is 102. The predicted molar refractivity (Wildman–Crippen MR) is 567 cm³/mol. The van der Waals surface area contributed by atoms with E-state index in [9.17, 15) is 0 Å². The fourth-order valence-electron chi connectivity index (χ4n) is 19.4. The maximum Gasteiger partial charge on any atom is 0.0353 e. The second-order valence-electron chi connectivity index (χ2n) is 35.6. The van der Waals surface area contributed by atoms with Crippen LogP contribution < -0.4 is 0 Å². The minimum atomic E-state index is -2.36. The van der Waals surface area contributed by atoms with Crippen molar-refractivity contribution in [2.24, 2.45) is 0 Å². The van der Waals surface area contributed by atoms with E-state index in [-0.39, 0.29) is 93.7 Å². The zero-order chi connectivity index (χ0) is 114. The first-order chi connectivity index (χ1) is 76.7. The average molecular weight is 2380 g/mol. The Kier molecular flexibility index (Phi) is 25.0. The molecule has 3 fully saturated rings. The molecule has 9 heteroatoms. The second-order valence-corrected chi connectivity index (χ2v) is 35.6. The summed E-state index contributed by atoms with van der Waals surface area (Å²) < 4.78 is 191. The third kappa shape index (κ3) is 23.5. The van der Waals surface area contributed by atoms with Crippen LogP contribution in [0.1, 0.15) is 241 Å². The van der Waals surface area contributed by atoms with Gasteiger partial charge in [0.25, 0.3) is 0 Å². The van der Waals surface area contributed by atoms with Crippen LogP contribution in [0, 0.1) is 91.3 Å². The molecular weight excluding hydrogens is 2230 g/mol. The zero-order valence-corrected chi connectivity index (χ0v) is 84.9. The summed E-state index contributed by atoms with van der Waals surface area (Å²) >= 11 is 0. The van der Waals surface area contributed by atoms with Crippen molar-refractivity contribution in [1.82, 2.24) is 29.9 Å². The number of aromatic nitrogens is 6. The monoisotopic (exact) mass is 2380 g/mol. The molecule has 12 aromatic carbocycles. The van der Waals surface area contributed by atoms with Crippen LogP contribution in [0.4, 0.5) is 0 Å². The Morgan fingerprint density at radius 2 is 0.621 bits per heavy atom. The first-order valence-electron chi connectivity index (χ1n) is 59.3. The number of hydrogen-bond donors (Lipinski definition) is 0. The Morgan fingerprint density at radius 3 is 1.04 bits per heavy atom. The Balaban J connectivity index is 0.000000138. The van der Waals surface area contributed by atoms with Crippen molar-refractivity contribution in [2.75, 3.05) is 0 Å². The van der Waals surface area contributed by atoms with Gasteiger partial charge in [0.1, 0.15) is 0 Å². The van der Waals surface area contributed by atoms with Gasteiger partial charge in [-0.3, -0.25) is 0 Å². The molecule has 6 heterocycles. The number of pyridine rings is 6. The van der Waals surface area contributed by atoms with E-state index >= 15 is 0 Å². The standard InChI is InChI=1S/C26H26N.2C25H24N.C19H16N.2C18H14N.3Ir/c1-17-12-13-22(24-14-20-10-6-7-11-21(20)26(17)24)25-15-23(18(2)16-27-25)19-8-4-3-5-9-19;1-17-16-26-25(15-23(17)18-8-3-2-4-9-18)22-13-7-12-21-20-11-6-5-10-19(20)14-24(21)22;1-17-14-25(26-16-24(17)18-8-3-2-4-9-18)22-13-7-12-21-20-11-6-5-10-19(20)15-23(21)22;1-14-12-19(20-13-15(14)2)18-10-8-17(9-11-18)16-6-4-3-5-7-16;2*1-14-7-12-18(19-13-14)17-10-8-16(9-11-17)15-5-3-2-4-6-15;;;/h6-7,10-12,15-16,19H,3-5,8-9,14H2,1-2H3;5-7,10-12,15-16,18H,2-4,8-9,14H2,1H3;5-7,10-12,14,16,18H,2-4,8-9,15H2,1H3;3-10,12-13H,1-2H3;2*2-10,12-13H,1H3;;;/q6*-1;;;/i1D3,2D3,19D;2*1D3,18D;2D3;2*1D3;;;. The summed E-state index contributed by atoms with van der Waals surface area (Å²) in [6.45, 7) is -13.8. The molecule has 18 aromatic rings. The van der Waals surface area contributed by atoms with Crippen LogP contribution in [0.15, 0.2) is 334 Å². The molecule has 0 atom stereocenters. The van der Waals surface area contributed by atoms with Crippen molar-refractivity contribution < 1.29 is 93.2 Å². The maximum absolute atomic E-state index is 9.15. The number of rotatable bonds is 12. The van der Waals surface area contributed by atoms with Crippen molar-refractivity contribution in [3.63, 3.8) is 0 Å². The van der Waals surface area contributed by atoms with Crippen molar-refractivity contribution in [2.45, 2.75) is 188 Å². The van der Waals surface area contributed by atoms with Crippen LogP contribution in [-0.2, 0) is 79.6 Å². The van der Waals surface area contributed by atoms with Crippen LogP contribution in [0.5, 0.6) is 0 Å². The van der Waals surface area contributed by atoms with E-state index in [1.807, 2.05) is 188 Å². The van der Waals surface area contributed by atoms with Gasteiger partial charge in [0.15, 0.2) is 0 Å². The average Bonchev–Trinajstić information content (AvgIpc) is 1.44. The molecule has 0 aliphatic heterocycles. The van der Waals surface area contributed by atoms with E-state index in [1.54, 1.807) is 55.6 Å². The maximum atomic E-state index is 9.15. The van der Waals surface area contributed by atoms with Crippen molar-refractivity contribution in [3.8, 4) is 134 Å². The Labute approximate surface area is 904 Å². The largest absolute Gasteiger partial charge is 0.304 e. The molecule has 24 rings (SSSR count). The Morgan fingerprint density at radius 1 is 0.257 bits per heavy atom. The number of benzene rings is 12. The molecule has 0 saturated heterocycles. The Hall–Kier alpha value is -12.5. The molecule has 6 aliphatic rings. The molecule has 3 radical (unpaired) electrons. The van der Waals surface area contributed by atoms with E-state index in [0.29, 0.717) is 101 Å². The summed E-state index contributed by atoms with van der Waals surface area (Å²) in [4.78, 5) is 26.5. The predicted octanol–water partition coefficient (Wildman–Crippen LogP) is 33.6. The minimum Gasteiger partial charge on any atom is -0.304 e.